The number of hydrogen-bond donors (Lipinski definition) is 2. The zero-order chi connectivity index (χ0) is 9.84. The molecule has 0 aliphatic heterocycles. The quantitative estimate of drug-likeness (QED) is 0.727. The second kappa shape index (κ2) is 3.79. The van der Waals surface area contributed by atoms with Crippen molar-refractivity contribution in [3.05, 3.63) is 18.5 Å². The van der Waals surface area contributed by atoms with Crippen LogP contribution in [0, 0.1) is 0 Å². The summed E-state index contributed by atoms with van der Waals surface area (Å²) in [6.45, 7) is 0. The number of carbonyl (C=O) groups excluding carboxylic acids is 1. The zero-order valence-corrected chi connectivity index (χ0v) is 6.37. The average molecular weight is 188 g/mol. The summed E-state index contributed by atoms with van der Waals surface area (Å²) in [5.74, 6) is -1.81. The molecule has 1 aromatic rings. The summed E-state index contributed by atoms with van der Waals surface area (Å²) in [5.41, 5.74) is -0.0831. The van der Waals surface area contributed by atoms with Crippen LogP contribution in [0.15, 0.2) is 18.5 Å². The van der Waals surface area contributed by atoms with Gasteiger partial charge in [0, 0.05) is 6.20 Å². The number of hydrogen-bond acceptors (Lipinski definition) is 3. The van der Waals surface area contributed by atoms with Crippen molar-refractivity contribution >= 4 is 11.6 Å². The standard InChI is InChI=1S/C7H6F2N2O2/c8-6(9)7(13)11-4-1-2-10-3-5(4)12/h1-3,6,12H,(H,10,11,13). The number of carbonyl (C=O) groups is 1. The molecular formula is C7H6F2N2O2. The number of pyridine rings is 1. The van der Waals surface area contributed by atoms with Gasteiger partial charge in [-0.3, -0.25) is 9.78 Å². The topological polar surface area (TPSA) is 62.2 Å². The van der Waals surface area contributed by atoms with Crippen LogP contribution >= 0.6 is 0 Å². The van der Waals surface area contributed by atoms with Gasteiger partial charge in [0.1, 0.15) is 0 Å². The summed E-state index contributed by atoms with van der Waals surface area (Å²) >= 11 is 0. The van der Waals surface area contributed by atoms with E-state index >= 15 is 0 Å². The second-order valence-electron chi connectivity index (χ2n) is 2.18. The minimum atomic E-state index is -3.10. The number of aromatic nitrogens is 1. The average Bonchev–Trinajstić information content (AvgIpc) is 2.08. The molecule has 0 spiro atoms. The first kappa shape index (κ1) is 9.37. The highest BCUT2D eigenvalue weighted by Crippen LogP contribution is 2.20. The molecule has 0 aliphatic rings. The monoisotopic (exact) mass is 188 g/mol. The SMILES string of the molecule is O=C(Nc1ccncc1O)C(F)F. The highest BCUT2D eigenvalue weighted by atomic mass is 19.3. The van der Waals surface area contributed by atoms with Crippen LogP contribution in [0.2, 0.25) is 0 Å². The molecule has 70 valence electrons. The molecule has 1 amide bonds. The number of nitrogens with zero attached hydrogens (tertiary/aromatic N) is 1. The lowest BCUT2D eigenvalue weighted by atomic mass is 10.3. The van der Waals surface area contributed by atoms with Crippen LogP contribution in [0.1, 0.15) is 0 Å². The van der Waals surface area contributed by atoms with Crippen molar-refractivity contribution in [2.75, 3.05) is 5.32 Å². The fourth-order valence-electron chi connectivity index (χ4n) is 0.679. The number of alkyl halides is 2. The van der Waals surface area contributed by atoms with E-state index in [1.807, 2.05) is 5.32 Å². The fourth-order valence-corrected chi connectivity index (χ4v) is 0.679. The van der Waals surface area contributed by atoms with E-state index in [2.05, 4.69) is 4.98 Å². The molecule has 0 saturated heterocycles. The van der Waals surface area contributed by atoms with Crippen LogP contribution in [0.5, 0.6) is 5.75 Å². The van der Waals surface area contributed by atoms with E-state index in [-0.39, 0.29) is 11.4 Å². The molecule has 0 bridgehead atoms. The Balaban J connectivity index is 2.75. The third-order valence-corrected chi connectivity index (χ3v) is 1.26. The molecule has 0 radical (unpaired) electrons. The first-order chi connectivity index (χ1) is 6.11. The van der Waals surface area contributed by atoms with Gasteiger partial charge in [0.05, 0.1) is 11.9 Å². The van der Waals surface area contributed by atoms with Gasteiger partial charge in [-0.2, -0.15) is 8.78 Å². The van der Waals surface area contributed by atoms with E-state index in [1.165, 1.54) is 12.3 Å². The van der Waals surface area contributed by atoms with E-state index in [9.17, 15) is 13.6 Å². The van der Waals surface area contributed by atoms with Gasteiger partial charge in [-0.1, -0.05) is 0 Å². The van der Waals surface area contributed by atoms with Gasteiger partial charge in [0.2, 0.25) is 0 Å². The summed E-state index contributed by atoms with van der Waals surface area (Å²) in [7, 11) is 0. The number of nitrogens with one attached hydrogen (secondary N) is 1. The van der Waals surface area contributed by atoms with Gasteiger partial charge >= 0.3 is 6.43 Å². The minimum absolute atomic E-state index is 0.0831. The summed E-state index contributed by atoms with van der Waals surface area (Å²) in [4.78, 5) is 14.0. The first-order valence-corrected chi connectivity index (χ1v) is 3.33. The molecule has 0 aromatic carbocycles. The van der Waals surface area contributed by atoms with Crippen molar-refractivity contribution in [3.63, 3.8) is 0 Å². The van der Waals surface area contributed by atoms with Crippen LogP contribution in [-0.2, 0) is 4.79 Å². The van der Waals surface area contributed by atoms with Crippen LogP contribution < -0.4 is 5.32 Å². The van der Waals surface area contributed by atoms with E-state index in [1.54, 1.807) is 0 Å². The number of anilines is 1. The van der Waals surface area contributed by atoms with Crippen molar-refractivity contribution in [3.8, 4) is 5.75 Å². The Hall–Kier alpha value is -1.72. The summed E-state index contributed by atoms with van der Waals surface area (Å²) in [5, 5.41) is 10.8. The molecule has 6 heteroatoms. The normalized spacial score (nSPS) is 10.1. The van der Waals surface area contributed by atoms with Gasteiger partial charge in [-0.25, -0.2) is 0 Å². The molecule has 2 N–H and O–H groups in total. The number of rotatable bonds is 2. The molecule has 1 aromatic heterocycles. The van der Waals surface area contributed by atoms with Crippen LogP contribution in [0.3, 0.4) is 0 Å². The Labute approximate surface area is 72.2 Å². The molecule has 0 aliphatic carbocycles. The Bertz CT molecular complexity index is 317. The lowest BCUT2D eigenvalue weighted by molar-refractivity contribution is -0.126. The minimum Gasteiger partial charge on any atom is -0.504 e. The molecule has 13 heavy (non-hydrogen) atoms. The largest absolute Gasteiger partial charge is 0.504 e. The Morgan fingerprint density at radius 3 is 2.85 bits per heavy atom. The number of amides is 1. The van der Waals surface area contributed by atoms with Gasteiger partial charge in [0.25, 0.3) is 5.91 Å². The third kappa shape index (κ3) is 2.36. The van der Waals surface area contributed by atoms with Gasteiger partial charge in [-0.15, -0.1) is 0 Å². The van der Waals surface area contributed by atoms with Crippen molar-refractivity contribution in [2.24, 2.45) is 0 Å². The van der Waals surface area contributed by atoms with E-state index in [0.717, 1.165) is 6.20 Å². The van der Waals surface area contributed by atoms with Crippen molar-refractivity contribution < 1.29 is 18.7 Å². The maximum absolute atomic E-state index is 11.7. The predicted molar refractivity (Wildman–Crippen MR) is 40.5 cm³/mol. The highest BCUT2D eigenvalue weighted by Gasteiger charge is 2.16. The second-order valence-corrected chi connectivity index (χ2v) is 2.18. The highest BCUT2D eigenvalue weighted by molar-refractivity contribution is 5.94. The van der Waals surface area contributed by atoms with Gasteiger partial charge in [-0.05, 0) is 6.07 Å². The van der Waals surface area contributed by atoms with Crippen molar-refractivity contribution in [2.45, 2.75) is 6.43 Å². The van der Waals surface area contributed by atoms with Crippen LogP contribution in [0.25, 0.3) is 0 Å². The van der Waals surface area contributed by atoms with Gasteiger partial charge in [0.15, 0.2) is 5.75 Å². The van der Waals surface area contributed by atoms with E-state index in [0.29, 0.717) is 0 Å². The molecule has 1 rings (SSSR count). The maximum atomic E-state index is 11.7. The molecule has 0 saturated carbocycles. The maximum Gasteiger partial charge on any atom is 0.315 e. The number of halogens is 2. The molecule has 4 nitrogen and oxygen atoms in total. The lowest BCUT2D eigenvalue weighted by Crippen LogP contribution is -2.20. The van der Waals surface area contributed by atoms with Crippen LogP contribution in [-0.4, -0.2) is 22.4 Å². The molecule has 0 unspecified atom stereocenters. The van der Waals surface area contributed by atoms with Crippen molar-refractivity contribution in [1.82, 2.24) is 4.98 Å². The Morgan fingerprint density at radius 2 is 2.31 bits per heavy atom. The summed E-state index contributed by atoms with van der Waals surface area (Å²) in [6.07, 6.45) is -0.797. The predicted octanol–water partition coefficient (Wildman–Crippen LogP) is 0.991. The van der Waals surface area contributed by atoms with Crippen molar-refractivity contribution in [1.29, 1.82) is 0 Å². The molecule has 1 heterocycles. The van der Waals surface area contributed by atoms with E-state index < -0.39 is 12.3 Å². The summed E-state index contributed by atoms with van der Waals surface area (Å²) in [6, 6.07) is 1.22. The summed E-state index contributed by atoms with van der Waals surface area (Å²) < 4.78 is 23.5. The fraction of sp³-hybridized carbons (Fsp3) is 0.143. The molecule has 0 fully saturated rings. The van der Waals surface area contributed by atoms with Crippen LogP contribution in [0.4, 0.5) is 14.5 Å². The molecular weight excluding hydrogens is 182 g/mol. The smallest absolute Gasteiger partial charge is 0.315 e. The Kier molecular flexibility index (Phi) is 2.73. The Morgan fingerprint density at radius 1 is 1.62 bits per heavy atom. The third-order valence-electron chi connectivity index (χ3n) is 1.26. The number of aromatic hydroxyl groups is 1. The first-order valence-electron chi connectivity index (χ1n) is 3.33. The molecule has 0 atom stereocenters. The van der Waals surface area contributed by atoms with E-state index in [4.69, 9.17) is 5.11 Å². The van der Waals surface area contributed by atoms with Gasteiger partial charge < -0.3 is 10.4 Å². The lowest BCUT2D eigenvalue weighted by Gasteiger charge is -2.04. The zero-order valence-electron chi connectivity index (χ0n) is 6.37.